The van der Waals surface area contributed by atoms with Gasteiger partial charge in [-0.25, -0.2) is 4.79 Å². The Bertz CT molecular complexity index is 280. The first kappa shape index (κ1) is 13.8. The van der Waals surface area contributed by atoms with Crippen LogP contribution in [0, 0.1) is 5.92 Å². The molecule has 0 aromatic rings. The molecule has 1 N–H and O–H groups in total. The SMILES string of the molecule is CCOC(=O)C(O)C1CCOC2(CCOCC2)C1. The predicted molar refractivity (Wildman–Crippen MR) is 64.1 cm³/mol. The fourth-order valence-corrected chi connectivity index (χ4v) is 2.85. The molecule has 0 radical (unpaired) electrons. The number of aliphatic hydroxyl groups excluding tert-OH is 1. The third-order valence-corrected chi connectivity index (χ3v) is 3.91. The van der Waals surface area contributed by atoms with Gasteiger partial charge in [0.25, 0.3) is 0 Å². The van der Waals surface area contributed by atoms with Crippen molar-refractivity contribution < 1.29 is 24.1 Å². The first-order chi connectivity index (χ1) is 8.67. The lowest BCUT2D eigenvalue weighted by molar-refractivity contribution is -0.174. The van der Waals surface area contributed by atoms with Crippen LogP contribution in [0.2, 0.25) is 0 Å². The summed E-state index contributed by atoms with van der Waals surface area (Å²) in [5.41, 5.74) is -0.200. The Morgan fingerprint density at radius 3 is 2.83 bits per heavy atom. The highest BCUT2D eigenvalue weighted by Gasteiger charge is 2.42. The summed E-state index contributed by atoms with van der Waals surface area (Å²) >= 11 is 0. The van der Waals surface area contributed by atoms with Crippen molar-refractivity contribution in [1.82, 2.24) is 0 Å². The molecule has 18 heavy (non-hydrogen) atoms. The van der Waals surface area contributed by atoms with E-state index in [-0.39, 0.29) is 11.5 Å². The maximum absolute atomic E-state index is 11.6. The minimum absolute atomic E-state index is 0.0594. The second kappa shape index (κ2) is 5.99. The Labute approximate surface area is 107 Å². The summed E-state index contributed by atoms with van der Waals surface area (Å²) in [7, 11) is 0. The molecule has 2 rings (SSSR count). The van der Waals surface area contributed by atoms with Crippen LogP contribution in [0.5, 0.6) is 0 Å². The Balaban J connectivity index is 1.95. The van der Waals surface area contributed by atoms with Gasteiger partial charge < -0.3 is 19.3 Å². The Kier molecular flexibility index (Phi) is 4.59. The summed E-state index contributed by atoms with van der Waals surface area (Å²) in [5.74, 6) is -0.567. The molecular weight excluding hydrogens is 236 g/mol. The number of hydrogen-bond acceptors (Lipinski definition) is 5. The van der Waals surface area contributed by atoms with Crippen molar-refractivity contribution in [1.29, 1.82) is 0 Å². The maximum Gasteiger partial charge on any atom is 0.335 e. The lowest BCUT2D eigenvalue weighted by Crippen LogP contribution is -2.48. The van der Waals surface area contributed by atoms with E-state index in [1.54, 1.807) is 6.92 Å². The van der Waals surface area contributed by atoms with Crippen LogP contribution in [0.15, 0.2) is 0 Å². The molecule has 0 aromatic carbocycles. The zero-order chi connectivity index (χ0) is 13.0. The highest BCUT2D eigenvalue weighted by Crippen LogP contribution is 2.38. The first-order valence-electron chi connectivity index (χ1n) is 6.73. The largest absolute Gasteiger partial charge is 0.464 e. The summed E-state index contributed by atoms with van der Waals surface area (Å²) in [5, 5.41) is 10.0. The van der Waals surface area contributed by atoms with Crippen molar-refractivity contribution >= 4 is 5.97 Å². The molecule has 2 unspecified atom stereocenters. The average Bonchev–Trinajstić information content (AvgIpc) is 2.39. The molecule has 0 saturated carbocycles. The summed E-state index contributed by atoms with van der Waals surface area (Å²) < 4.78 is 16.1. The molecule has 5 heteroatoms. The van der Waals surface area contributed by atoms with Crippen LogP contribution in [0.25, 0.3) is 0 Å². The Hall–Kier alpha value is -0.650. The van der Waals surface area contributed by atoms with Crippen LogP contribution in [-0.4, -0.2) is 49.2 Å². The molecule has 104 valence electrons. The highest BCUT2D eigenvalue weighted by molar-refractivity contribution is 5.74. The summed E-state index contributed by atoms with van der Waals surface area (Å²) in [4.78, 5) is 11.6. The summed E-state index contributed by atoms with van der Waals surface area (Å²) in [6, 6.07) is 0. The van der Waals surface area contributed by atoms with Crippen LogP contribution >= 0.6 is 0 Å². The number of esters is 1. The standard InChI is InChI=1S/C13H22O5/c1-2-17-12(15)11(14)10-3-6-18-13(9-10)4-7-16-8-5-13/h10-11,14H,2-9H2,1H3. The number of rotatable bonds is 3. The lowest BCUT2D eigenvalue weighted by atomic mass is 9.78. The number of hydrogen-bond donors (Lipinski definition) is 1. The van der Waals surface area contributed by atoms with Crippen LogP contribution < -0.4 is 0 Å². The van der Waals surface area contributed by atoms with Gasteiger partial charge >= 0.3 is 5.97 Å². The molecule has 2 saturated heterocycles. The average molecular weight is 258 g/mol. The molecule has 0 aromatic heterocycles. The minimum atomic E-state index is -1.02. The molecule has 2 atom stereocenters. The van der Waals surface area contributed by atoms with Gasteiger partial charge in [0, 0.05) is 25.7 Å². The maximum atomic E-state index is 11.6. The topological polar surface area (TPSA) is 65.0 Å². The normalized spacial score (nSPS) is 28.9. The molecule has 2 aliphatic heterocycles. The van der Waals surface area contributed by atoms with Gasteiger partial charge in [-0.05, 0) is 32.6 Å². The summed E-state index contributed by atoms with van der Waals surface area (Å²) in [6.45, 7) is 4.04. The van der Waals surface area contributed by atoms with Crippen LogP contribution in [0.1, 0.15) is 32.6 Å². The first-order valence-corrected chi connectivity index (χ1v) is 6.73. The van der Waals surface area contributed by atoms with E-state index >= 15 is 0 Å². The van der Waals surface area contributed by atoms with Crippen molar-refractivity contribution in [2.45, 2.75) is 44.3 Å². The van der Waals surface area contributed by atoms with E-state index in [0.717, 1.165) is 19.3 Å². The third-order valence-electron chi connectivity index (χ3n) is 3.91. The molecule has 0 aliphatic carbocycles. The number of ether oxygens (including phenoxy) is 3. The van der Waals surface area contributed by atoms with Gasteiger partial charge in [-0.1, -0.05) is 0 Å². The zero-order valence-corrected chi connectivity index (χ0v) is 10.9. The van der Waals surface area contributed by atoms with Crippen molar-refractivity contribution in [2.24, 2.45) is 5.92 Å². The van der Waals surface area contributed by atoms with Crippen LogP contribution in [0.3, 0.4) is 0 Å². The fraction of sp³-hybridized carbons (Fsp3) is 0.923. The number of aliphatic hydroxyl groups is 1. The predicted octanol–water partition coefficient (Wildman–Crippen LogP) is 0.886. The highest BCUT2D eigenvalue weighted by atomic mass is 16.5. The smallest absolute Gasteiger partial charge is 0.335 e. The van der Waals surface area contributed by atoms with Gasteiger partial charge in [0.2, 0.25) is 0 Å². The van der Waals surface area contributed by atoms with E-state index in [9.17, 15) is 9.90 Å². The lowest BCUT2D eigenvalue weighted by Gasteiger charge is -2.44. The van der Waals surface area contributed by atoms with Gasteiger partial charge in [-0.2, -0.15) is 0 Å². The third kappa shape index (κ3) is 3.02. The van der Waals surface area contributed by atoms with E-state index in [4.69, 9.17) is 14.2 Å². The minimum Gasteiger partial charge on any atom is -0.464 e. The van der Waals surface area contributed by atoms with Crippen molar-refractivity contribution in [2.75, 3.05) is 26.4 Å². The molecule has 1 spiro atoms. The van der Waals surface area contributed by atoms with Crippen molar-refractivity contribution in [3.63, 3.8) is 0 Å². The summed E-state index contributed by atoms with van der Waals surface area (Å²) in [6.07, 6.45) is 2.10. The second-order valence-electron chi connectivity index (χ2n) is 5.09. The molecular formula is C13H22O5. The van der Waals surface area contributed by atoms with Gasteiger partial charge in [0.15, 0.2) is 6.10 Å². The van der Waals surface area contributed by atoms with Crippen molar-refractivity contribution in [3.05, 3.63) is 0 Å². The molecule has 2 heterocycles. The number of carbonyl (C=O) groups is 1. The van der Waals surface area contributed by atoms with E-state index < -0.39 is 12.1 Å². The van der Waals surface area contributed by atoms with Gasteiger partial charge in [-0.3, -0.25) is 0 Å². The molecule has 2 aliphatic rings. The fourth-order valence-electron chi connectivity index (χ4n) is 2.85. The molecule has 2 fully saturated rings. The van der Waals surface area contributed by atoms with E-state index in [1.165, 1.54) is 0 Å². The Morgan fingerprint density at radius 2 is 2.17 bits per heavy atom. The van der Waals surface area contributed by atoms with E-state index in [0.29, 0.717) is 32.8 Å². The van der Waals surface area contributed by atoms with Gasteiger partial charge in [0.1, 0.15) is 0 Å². The second-order valence-corrected chi connectivity index (χ2v) is 5.09. The molecule has 5 nitrogen and oxygen atoms in total. The monoisotopic (exact) mass is 258 g/mol. The van der Waals surface area contributed by atoms with Gasteiger partial charge in [-0.15, -0.1) is 0 Å². The van der Waals surface area contributed by atoms with E-state index in [2.05, 4.69) is 0 Å². The quantitative estimate of drug-likeness (QED) is 0.761. The number of carbonyl (C=O) groups excluding carboxylic acids is 1. The van der Waals surface area contributed by atoms with Crippen LogP contribution in [-0.2, 0) is 19.0 Å². The molecule has 0 bridgehead atoms. The molecule has 0 amide bonds. The van der Waals surface area contributed by atoms with Crippen molar-refractivity contribution in [3.8, 4) is 0 Å². The zero-order valence-electron chi connectivity index (χ0n) is 10.9. The van der Waals surface area contributed by atoms with Gasteiger partial charge in [0.05, 0.1) is 12.2 Å². The Morgan fingerprint density at radius 1 is 1.44 bits per heavy atom. The van der Waals surface area contributed by atoms with E-state index in [1.807, 2.05) is 0 Å². The van der Waals surface area contributed by atoms with Crippen LogP contribution in [0.4, 0.5) is 0 Å².